The molecule has 0 radical (unpaired) electrons. The van der Waals surface area contributed by atoms with Crippen LogP contribution in [0.4, 0.5) is 0 Å². The molecule has 3 unspecified atom stereocenters. The van der Waals surface area contributed by atoms with E-state index in [4.69, 9.17) is 4.74 Å². The average Bonchev–Trinajstić information content (AvgIpc) is 2.36. The van der Waals surface area contributed by atoms with Crippen molar-refractivity contribution in [2.75, 3.05) is 6.61 Å². The standard InChI is InChI=1S/C13H17NO3/c1-2-7-17-13(16)11-8-9-5-3-4-6-10(9)12(15)14-11/h2,4,6,9-11H,1,3,5,7-8H2,(H,14,15). The molecule has 17 heavy (non-hydrogen) atoms. The highest BCUT2D eigenvalue weighted by Crippen LogP contribution is 2.32. The molecule has 1 amide bonds. The molecule has 0 spiro atoms. The fourth-order valence-corrected chi connectivity index (χ4v) is 2.48. The highest BCUT2D eigenvalue weighted by atomic mass is 16.5. The minimum atomic E-state index is -0.491. The molecule has 0 saturated carbocycles. The lowest BCUT2D eigenvalue weighted by atomic mass is 9.76. The zero-order valence-corrected chi connectivity index (χ0v) is 9.72. The van der Waals surface area contributed by atoms with Crippen molar-refractivity contribution >= 4 is 11.9 Å². The van der Waals surface area contributed by atoms with E-state index in [9.17, 15) is 9.59 Å². The highest BCUT2D eigenvalue weighted by molar-refractivity contribution is 5.88. The van der Waals surface area contributed by atoms with Crippen molar-refractivity contribution in [3.05, 3.63) is 24.8 Å². The predicted molar refractivity (Wildman–Crippen MR) is 63.1 cm³/mol. The van der Waals surface area contributed by atoms with Gasteiger partial charge in [0.05, 0.1) is 5.92 Å². The summed E-state index contributed by atoms with van der Waals surface area (Å²) < 4.78 is 4.97. The van der Waals surface area contributed by atoms with Gasteiger partial charge in [-0.25, -0.2) is 4.79 Å². The lowest BCUT2D eigenvalue weighted by Crippen LogP contribution is -2.52. The van der Waals surface area contributed by atoms with Gasteiger partial charge >= 0.3 is 5.97 Å². The van der Waals surface area contributed by atoms with E-state index in [2.05, 4.69) is 11.9 Å². The summed E-state index contributed by atoms with van der Waals surface area (Å²) in [6.45, 7) is 3.68. The Hall–Kier alpha value is -1.58. The van der Waals surface area contributed by atoms with E-state index in [-0.39, 0.29) is 30.3 Å². The van der Waals surface area contributed by atoms with Crippen molar-refractivity contribution in [2.45, 2.75) is 25.3 Å². The van der Waals surface area contributed by atoms with Crippen LogP contribution in [-0.4, -0.2) is 24.5 Å². The summed E-state index contributed by atoms with van der Waals surface area (Å²) in [5.74, 6) is -0.203. The van der Waals surface area contributed by atoms with Crippen LogP contribution in [0.1, 0.15) is 19.3 Å². The Bertz CT molecular complexity index is 362. The van der Waals surface area contributed by atoms with Crippen molar-refractivity contribution in [2.24, 2.45) is 11.8 Å². The van der Waals surface area contributed by atoms with Crippen molar-refractivity contribution in [3.8, 4) is 0 Å². The van der Waals surface area contributed by atoms with Gasteiger partial charge in [-0.15, -0.1) is 0 Å². The summed E-state index contributed by atoms with van der Waals surface area (Å²) in [6, 6.07) is -0.491. The van der Waals surface area contributed by atoms with Crippen LogP contribution >= 0.6 is 0 Å². The number of hydrogen-bond donors (Lipinski definition) is 1. The van der Waals surface area contributed by atoms with Gasteiger partial charge in [-0.1, -0.05) is 24.8 Å². The SMILES string of the molecule is C=CCOC(=O)C1CC2CCC=CC2C(=O)N1. The van der Waals surface area contributed by atoms with E-state index in [1.54, 1.807) is 0 Å². The first kappa shape index (κ1) is 11.9. The van der Waals surface area contributed by atoms with Crippen molar-refractivity contribution in [3.63, 3.8) is 0 Å². The molecule has 4 heteroatoms. The number of rotatable bonds is 3. The predicted octanol–water partition coefficient (Wildman–Crippen LogP) is 1.19. The monoisotopic (exact) mass is 235 g/mol. The summed E-state index contributed by atoms with van der Waals surface area (Å²) in [5.41, 5.74) is 0. The minimum absolute atomic E-state index is 0.0576. The summed E-state index contributed by atoms with van der Waals surface area (Å²) in [6.07, 6.45) is 8.15. The Balaban J connectivity index is 1.99. The lowest BCUT2D eigenvalue weighted by molar-refractivity contribution is -0.150. The molecule has 0 aromatic heterocycles. The van der Waals surface area contributed by atoms with Gasteiger partial charge in [0, 0.05) is 0 Å². The number of hydrogen-bond acceptors (Lipinski definition) is 3. The zero-order valence-electron chi connectivity index (χ0n) is 9.72. The molecule has 1 aliphatic carbocycles. The Labute approximate surface area is 101 Å². The van der Waals surface area contributed by atoms with Gasteiger partial charge in [0.2, 0.25) is 5.91 Å². The van der Waals surface area contributed by atoms with Crippen LogP contribution < -0.4 is 5.32 Å². The number of esters is 1. The smallest absolute Gasteiger partial charge is 0.328 e. The minimum Gasteiger partial charge on any atom is -0.460 e. The van der Waals surface area contributed by atoms with Gasteiger partial charge in [0.25, 0.3) is 0 Å². The Morgan fingerprint density at radius 1 is 1.65 bits per heavy atom. The normalized spacial score (nSPS) is 31.3. The fourth-order valence-electron chi connectivity index (χ4n) is 2.48. The van der Waals surface area contributed by atoms with Gasteiger partial charge in [0.15, 0.2) is 0 Å². The summed E-state index contributed by atoms with van der Waals surface area (Å²) in [7, 11) is 0. The van der Waals surface area contributed by atoms with Gasteiger partial charge in [0.1, 0.15) is 12.6 Å². The first-order chi connectivity index (χ1) is 8.22. The zero-order chi connectivity index (χ0) is 12.3. The molecule has 1 N–H and O–H groups in total. The number of fused-ring (bicyclic) bond motifs is 1. The van der Waals surface area contributed by atoms with Crippen LogP contribution in [0.5, 0.6) is 0 Å². The molecule has 4 nitrogen and oxygen atoms in total. The van der Waals surface area contributed by atoms with E-state index >= 15 is 0 Å². The second-order valence-corrected chi connectivity index (χ2v) is 4.51. The van der Waals surface area contributed by atoms with E-state index in [1.165, 1.54) is 6.08 Å². The molecule has 2 rings (SSSR count). The number of nitrogens with one attached hydrogen (secondary N) is 1. The molecule has 0 aromatic carbocycles. The third-order valence-electron chi connectivity index (χ3n) is 3.34. The fraction of sp³-hybridized carbons (Fsp3) is 0.538. The Kier molecular flexibility index (Phi) is 3.61. The first-order valence-corrected chi connectivity index (χ1v) is 5.97. The molecular formula is C13H17NO3. The molecule has 1 heterocycles. The molecule has 1 fully saturated rings. The van der Waals surface area contributed by atoms with E-state index in [0.29, 0.717) is 6.42 Å². The van der Waals surface area contributed by atoms with Crippen LogP contribution in [-0.2, 0) is 14.3 Å². The topological polar surface area (TPSA) is 55.4 Å². The Morgan fingerprint density at radius 3 is 3.24 bits per heavy atom. The number of amides is 1. The van der Waals surface area contributed by atoms with Crippen LogP contribution in [0.3, 0.4) is 0 Å². The molecule has 2 aliphatic rings. The number of carbonyl (C=O) groups is 2. The molecule has 0 aromatic rings. The summed E-state index contributed by atoms with van der Waals surface area (Å²) in [5, 5.41) is 2.73. The molecule has 3 atom stereocenters. The van der Waals surface area contributed by atoms with Gasteiger partial charge in [-0.2, -0.15) is 0 Å². The van der Waals surface area contributed by atoms with Crippen molar-refractivity contribution in [1.82, 2.24) is 5.32 Å². The van der Waals surface area contributed by atoms with Crippen LogP contribution in [0.25, 0.3) is 0 Å². The maximum Gasteiger partial charge on any atom is 0.328 e. The third-order valence-corrected chi connectivity index (χ3v) is 3.34. The van der Waals surface area contributed by atoms with Crippen molar-refractivity contribution in [1.29, 1.82) is 0 Å². The van der Waals surface area contributed by atoms with Gasteiger partial charge in [-0.05, 0) is 25.2 Å². The number of piperidine rings is 1. The van der Waals surface area contributed by atoms with Gasteiger partial charge in [-0.3, -0.25) is 4.79 Å². The second-order valence-electron chi connectivity index (χ2n) is 4.51. The number of ether oxygens (including phenoxy) is 1. The number of allylic oxidation sites excluding steroid dienone is 1. The highest BCUT2D eigenvalue weighted by Gasteiger charge is 2.38. The largest absolute Gasteiger partial charge is 0.460 e. The van der Waals surface area contributed by atoms with Crippen LogP contribution in [0.15, 0.2) is 24.8 Å². The van der Waals surface area contributed by atoms with Gasteiger partial charge < -0.3 is 10.1 Å². The Morgan fingerprint density at radius 2 is 2.47 bits per heavy atom. The molecule has 1 saturated heterocycles. The first-order valence-electron chi connectivity index (χ1n) is 5.97. The average molecular weight is 235 g/mol. The molecule has 92 valence electrons. The maximum atomic E-state index is 11.8. The van der Waals surface area contributed by atoms with Crippen LogP contribution in [0, 0.1) is 11.8 Å². The molecular weight excluding hydrogens is 218 g/mol. The van der Waals surface area contributed by atoms with Crippen molar-refractivity contribution < 1.29 is 14.3 Å². The summed E-state index contributed by atoms with van der Waals surface area (Å²) >= 11 is 0. The second kappa shape index (κ2) is 5.17. The quantitative estimate of drug-likeness (QED) is 0.590. The van der Waals surface area contributed by atoms with E-state index < -0.39 is 6.04 Å². The third kappa shape index (κ3) is 2.57. The van der Waals surface area contributed by atoms with E-state index in [1.807, 2.05) is 12.2 Å². The maximum absolute atomic E-state index is 11.8. The van der Waals surface area contributed by atoms with E-state index in [0.717, 1.165) is 12.8 Å². The van der Waals surface area contributed by atoms with Crippen LogP contribution in [0.2, 0.25) is 0 Å². The number of carbonyl (C=O) groups excluding carboxylic acids is 2. The summed E-state index contributed by atoms with van der Waals surface area (Å²) in [4.78, 5) is 23.5. The molecule has 1 aliphatic heterocycles. The molecule has 0 bridgehead atoms. The lowest BCUT2D eigenvalue weighted by Gasteiger charge is -2.35.